The van der Waals surface area contributed by atoms with E-state index >= 15 is 0 Å². The van der Waals surface area contributed by atoms with E-state index in [-0.39, 0.29) is 12.5 Å². The molecule has 0 saturated heterocycles. The first-order valence-corrected chi connectivity index (χ1v) is 5.28. The van der Waals surface area contributed by atoms with E-state index in [2.05, 4.69) is 5.32 Å². The molecule has 0 atom stereocenters. The maximum Gasteiger partial charge on any atom is 0.306 e. The van der Waals surface area contributed by atoms with Crippen LogP contribution >= 0.6 is 0 Å². The van der Waals surface area contributed by atoms with E-state index in [1.165, 1.54) is 0 Å². The zero-order chi connectivity index (χ0) is 10.4. The lowest BCUT2D eigenvalue weighted by Gasteiger charge is -2.26. The van der Waals surface area contributed by atoms with Gasteiger partial charge in [0.25, 0.3) is 0 Å². The van der Waals surface area contributed by atoms with Crippen molar-refractivity contribution in [2.45, 2.75) is 25.7 Å². The molecule has 4 heteroatoms. The summed E-state index contributed by atoms with van der Waals surface area (Å²) in [7, 11) is 0. The van der Waals surface area contributed by atoms with Crippen LogP contribution in [0.3, 0.4) is 0 Å². The van der Waals surface area contributed by atoms with Crippen LogP contribution in [0.5, 0.6) is 0 Å². The number of aliphatic hydroxyl groups is 1. The quantitative estimate of drug-likeness (QED) is 0.565. The highest BCUT2D eigenvalue weighted by Crippen LogP contribution is 2.28. The van der Waals surface area contributed by atoms with E-state index < -0.39 is 5.97 Å². The summed E-state index contributed by atoms with van der Waals surface area (Å²) < 4.78 is 0. The van der Waals surface area contributed by atoms with Gasteiger partial charge >= 0.3 is 5.97 Å². The highest BCUT2D eigenvalue weighted by Gasteiger charge is 2.25. The molecular weight excluding hydrogens is 182 g/mol. The van der Waals surface area contributed by atoms with Crippen LogP contribution in [0.2, 0.25) is 0 Å². The Kier molecular flexibility index (Phi) is 4.90. The molecule has 4 nitrogen and oxygen atoms in total. The van der Waals surface area contributed by atoms with Crippen molar-refractivity contribution >= 4 is 5.97 Å². The highest BCUT2D eigenvalue weighted by atomic mass is 16.4. The Balaban J connectivity index is 2.12. The minimum atomic E-state index is -0.647. The zero-order valence-electron chi connectivity index (χ0n) is 8.41. The molecule has 0 heterocycles. The smallest absolute Gasteiger partial charge is 0.306 e. The van der Waals surface area contributed by atoms with Crippen molar-refractivity contribution in [1.82, 2.24) is 5.32 Å². The van der Waals surface area contributed by atoms with Crippen molar-refractivity contribution in [3.05, 3.63) is 0 Å². The molecule has 82 valence electrons. The number of hydrogen-bond donors (Lipinski definition) is 3. The monoisotopic (exact) mass is 201 g/mol. The summed E-state index contributed by atoms with van der Waals surface area (Å²) in [5.74, 6) is -0.173. The first kappa shape index (κ1) is 11.5. The lowest BCUT2D eigenvalue weighted by Crippen LogP contribution is -2.30. The second-order valence-corrected chi connectivity index (χ2v) is 3.98. The van der Waals surface area contributed by atoms with Gasteiger partial charge in [-0.05, 0) is 38.1 Å². The van der Waals surface area contributed by atoms with Crippen molar-refractivity contribution in [1.29, 1.82) is 0 Å². The van der Waals surface area contributed by atoms with E-state index in [0.717, 1.165) is 32.2 Å². The fourth-order valence-corrected chi connectivity index (χ4v) is 2.00. The predicted octanol–water partition coefficient (Wildman–Crippen LogP) is 0.459. The highest BCUT2D eigenvalue weighted by molar-refractivity contribution is 5.69. The Bertz CT molecular complexity index is 176. The van der Waals surface area contributed by atoms with Gasteiger partial charge in [-0.2, -0.15) is 0 Å². The topological polar surface area (TPSA) is 69.6 Å². The fraction of sp³-hybridized carbons (Fsp3) is 0.900. The number of hydrogen-bond acceptors (Lipinski definition) is 3. The van der Waals surface area contributed by atoms with Crippen LogP contribution in [-0.4, -0.2) is 35.9 Å². The molecule has 1 saturated carbocycles. The summed E-state index contributed by atoms with van der Waals surface area (Å²) in [6.45, 7) is 1.72. The van der Waals surface area contributed by atoms with Crippen molar-refractivity contribution in [2.24, 2.45) is 11.8 Å². The van der Waals surface area contributed by atoms with Gasteiger partial charge in [-0.3, -0.25) is 4.79 Å². The Labute approximate surface area is 84.3 Å². The number of carboxylic acid groups (broad SMARTS) is 1. The van der Waals surface area contributed by atoms with Crippen LogP contribution < -0.4 is 5.32 Å². The van der Waals surface area contributed by atoms with Crippen LogP contribution in [0.1, 0.15) is 25.7 Å². The molecule has 0 amide bonds. The van der Waals surface area contributed by atoms with Gasteiger partial charge in [0.1, 0.15) is 0 Å². The molecule has 1 aliphatic carbocycles. The standard InChI is InChI=1S/C10H19NO3/c12-6-5-11-7-8-1-3-9(4-2-8)10(13)14/h8-9,11-12H,1-7H2,(H,13,14). The van der Waals surface area contributed by atoms with Gasteiger partial charge in [0.15, 0.2) is 0 Å². The van der Waals surface area contributed by atoms with Gasteiger partial charge < -0.3 is 15.5 Å². The zero-order valence-corrected chi connectivity index (χ0v) is 8.41. The molecule has 0 spiro atoms. The molecule has 1 rings (SSSR count). The molecule has 1 fully saturated rings. The van der Waals surface area contributed by atoms with Crippen LogP contribution in [0.25, 0.3) is 0 Å². The van der Waals surface area contributed by atoms with Crippen LogP contribution in [-0.2, 0) is 4.79 Å². The van der Waals surface area contributed by atoms with Gasteiger partial charge in [0.05, 0.1) is 12.5 Å². The van der Waals surface area contributed by atoms with Crippen LogP contribution in [0, 0.1) is 11.8 Å². The number of rotatable bonds is 5. The summed E-state index contributed by atoms with van der Waals surface area (Å²) in [6, 6.07) is 0. The lowest BCUT2D eigenvalue weighted by atomic mass is 9.82. The van der Waals surface area contributed by atoms with Gasteiger partial charge in [0, 0.05) is 6.54 Å². The predicted molar refractivity (Wildman–Crippen MR) is 53.0 cm³/mol. The lowest BCUT2D eigenvalue weighted by molar-refractivity contribution is -0.143. The van der Waals surface area contributed by atoms with Gasteiger partial charge in [-0.15, -0.1) is 0 Å². The molecule has 0 radical (unpaired) electrons. The summed E-state index contributed by atoms with van der Waals surface area (Å²) in [6.07, 6.45) is 3.60. The first-order valence-electron chi connectivity index (χ1n) is 5.28. The molecule has 0 aliphatic heterocycles. The minimum Gasteiger partial charge on any atom is -0.481 e. The number of aliphatic carboxylic acids is 1. The van der Waals surface area contributed by atoms with E-state index in [1.807, 2.05) is 0 Å². The van der Waals surface area contributed by atoms with Gasteiger partial charge in [0.2, 0.25) is 0 Å². The number of carboxylic acids is 1. The molecule has 0 bridgehead atoms. The third-order valence-electron chi connectivity index (χ3n) is 2.92. The molecule has 0 unspecified atom stereocenters. The van der Waals surface area contributed by atoms with E-state index in [4.69, 9.17) is 10.2 Å². The molecule has 0 aromatic heterocycles. The molecule has 0 aromatic carbocycles. The Morgan fingerprint density at radius 1 is 1.29 bits per heavy atom. The Hall–Kier alpha value is -0.610. The molecular formula is C10H19NO3. The number of carbonyl (C=O) groups is 1. The van der Waals surface area contributed by atoms with Crippen LogP contribution in [0.4, 0.5) is 0 Å². The van der Waals surface area contributed by atoms with E-state index in [0.29, 0.717) is 12.5 Å². The average molecular weight is 201 g/mol. The van der Waals surface area contributed by atoms with Crippen molar-refractivity contribution < 1.29 is 15.0 Å². The normalized spacial score (nSPS) is 27.5. The third-order valence-corrected chi connectivity index (χ3v) is 2.92. The van der Waals surface area contributed by atoms with Gasteiger partial charge in [-0.1, -0.05) is 0 Å². The van der Waals surface area contributed by atoms with E-state index in [9.17, 15) is 4.79 Å². The number of aliphatic hydroxyl groups excluding tert-OH is 1. The van der Waals surface area contributed by atoms with Crippen molar-refractivity contribution in [3.8, 4) is 0 Å². The molecule has 0 aromatic rings. The maximum absolute atomic E-state index is 10.7. The largest absolute Gasteiger partial charge is 0.481 e. The average Bonchev–Trinajstić information content (AvgIpc) is 2.19. The maximum atomic E-state index is 10.7. The van der Waals surface area contributed by atoms with Crippen molar-refractivity contribution in [3.63, 3.8) is 0 Å². The SMILES string of the molecule is O=C(O)C1CCC(CNCCO)CC1. The fourth-order valence-electron chi connectivity index (χ4n) is 2.00. The third kappa shape index (κ3) is 3.64. The molecule has 3 N–H and O–H groups in total. The minimum absolute atomic E-state index is 0.121. The molecule has 1 aliphatic rings. The summed E-state index contributed by atoms with van der Waals surface area (Å²) in [4.78, 5) is 10.7. The van der Waals surface area contributed by atoms with E-state index in [1.54, 1.807) is 0 Å². The Morgan fingerprint density at radius 2 is 1.93 bits per heavy atom. The van der Waals surface area contributed by atoms with Crippen molar-refractivity contribution in [2.75, 3.05) is 19.7 Å². The summed E-state index contributed by atoms with van der Waals surface area (Å²) in [5.41, 5.74) is 0. The van der Waals surface area contributed by atoms with Gasteiger partial charge in [-0.25, -0.2) is 0 Å². The summed E-state index contributed by atoms with van der Waals surface area (Å²) >= 11 is 0. The number of nitrogens with one attached hydrogen (secondary N) is 1. The second kappa shape index (κ2) is 5.98. The second-order valence-electron chi connectivity index (χ2n) is 3.98. The van der Waals surface area contributed by atoms with Crippen LogP contribution in [0.15, 0.2) is 0 Å². The molecule has 14 heavy (non-hydrogen) atoms. The summed E-state index contributed by atoms with van der Waals surface area (Å²) in [5, 5.41) is 20.5. The first-order chi connectivity index (χ1) is 6.74. The Morgan fingerprint density at radius 3 is 2.43 bits per heavy atom.